The monoisotopic (exact) mass is 294 g/mol. The number of carboxylic acids is 1. The Labute approximate surface area is 124 Å². The molecule has 5 heteroatoms. The number of hydrogen-bond donors (Lipinski definition) is 2. The molecule has 2 N–H and O–H groups in total. The Kier molecular flexibility index (Phi) is 4.73. The zero-order valence-electron chi connectivity index (χ0n) is 12.6. The number of carbonyl (C=O) groups is 1. The van der Waals surface area contributed by atoms with Gasteiger partial charge in [-0.1, -0.05) is 13.0 Å². The molecule has 0 saturated heterocycles. The lowest BCUT2D eigenvalue weighted by atomic mass is 9.87. The summed E-state index contributed by atoms with van der Waals surface area (Å²) in [5.74, 6) is -0.163. The van der Waals surface area contributed by atoms with Crippen LogP contribution in [0.3, 0.4) is 0 Å². The molecule has 1 aromatic rings. The number of aliphatic carboxylic acids is 1. The summed E-state index contributed by atoms with van der Waals surface area (Å²) >= 11 is 0. The van der Waals surface area contributed by atoms with Crippen molar-refractivity contribution in [1.29, 1.82) is 0 Å². The van der Waals surface area contributed by atoms with Crippen LogP contribution in [0.25, 0.3) is 0 Å². The smallest absolute Gasteiger partial charge is 0.306 e. The van der Waals surface area contributed by atoms with Gasteiger partial charge in [0.15, 0.2) is 11.5 Å². The lowest BCUT2D eigenvalue weighted by Crippen LogP contribution is -2.23. The topological polar surface area (TPSA) is 76.0 Å². The molecule has 2 rings (SSSR count). The van der Waals surface area contributed by atoms with Gasteiger partial charge in [0, 0.05) is 5.92 Å². The molecule has 0 aliphatic heterocycles. The van der Waals surface area contributed by atoms with E-state index in [1.54, 1.807) is 25.3 Å². The van der Waals surface area contributed by atoms with E-state index in [2.05, 4.69) is 0 Å². The molecule has 0 bridgehead atoms. The van der Waals surface area contributed by atoms with Crippen molar-refractivity contribution in [2.75, 3.05) is 14.2 Å². The lowest BCUT2D eigenvalue weighted by Gasteiger charge is -2.23. The number of aliphatic hydroxyl groups excluding tert-OH is 1. The average molecular weight is 294 g/mol. The molecule has 4 unspecified atom stereocenters. The molecule has 1 saturated carbocycles. The Bertz CT molecular complexity index is 513. The summed E-state index contributed by atoms with van der Waals surface area (Å²) in [5, 5.41) is 19.9. The molecule has 1 aliphatic rings. The second-order valence-corrected chi connectivity index (χ2v) is 5.74. The quantitative estimate of drug-likeness (QED) is 0.872. The van der Waals surface area contributed by atoms with Crippen LogP contribution in [0.15, 0.2) is 18.2 Å². The fraction of sp³-hybridized carbons (Fsp3) is 0.562. The minimum absolute atomic E-state index is 0.268. The van der Waals surface area contributed by atoms with Gasteiger partial charge in [0.1, 0.15) is 0 Å². The van der Waals surface area contributed by atoms with E-state index in [9.17, 15) is 15.0 Å². The third-order valence-electron chi connectivity index (χ3n) is 4.32. The molecule has 0 amide bonds. The van der Waals surface area contributed by atoms with Crippen LogP contribution in [0.4, 0.5) is 0 Å². The summed E-state index contributed by atoms with van der Waals surface area (Å²) < 4.78 is 10.4. The van der Waals surface area contributed by atoms with Gasteiger partial charge in [-0.2, -0.15) is 0 Å². The lowest BCUT2D eigenvalue weighted by molar-refractivity contribution is -0.144. The molecule has 0 heterocycles. The van der Waals surface area contributed by atoms with E-state index < -0.39 is 18.0 Å². The number of carboxylic acid groups (broad SMARTS) is 1. The van der Waals surface area contributed by atoms with Gasteiger partial charge < -0.3 is 19.7 Å². The van der Waals surface area contributed by atoms with E-state index in [1.807, 2.05) is 6.92 Å². The van der Waals surface area contributed by atoms with Crippen molar-refractivity contribution >= 4 is 5.97 Å². The highest BCUT2D eigenvalue weighted by Gasteiger charge is 2.41. The summed E-state index contributed by atoms with van der Waals surface area (Å²) in [5.41, 5.74) is 0.665. The molecule has 0 aromatic heterocycles. The van der Waals surface area contributed by atoms with E-state index >= 15 is 0 Å². The number of ether oxygens (including phenoxy) is 2. The first-order valence-corrected chi connectivity index (χ1v) is 7.10. The summed E-state index contributed by atoms with van der Waals surface area (Å²) in [4.78, 5) is 11.4. The fourth-order valence-electron chi connectivity index (χ4n) is 3.25. The molecule has 116 valence electrons. The van der Waals surface area contributed by atoms with Crippen LogP contribution in [-0.2, 0) is 4.79 Å². The summed E-state index contributed by atoms with van der Waals surface area (Å²) in [7, 11) is 3.08. The van der Waals surface area contributed by atoms with Gasteiger partial charge in [-0.15, -0.1) is 0 Å². The normalized spacial score (nSPS) is 26.4. The first-order valence-electron chi connectivity index (χ1n) is 7.10. The van der Waals surface area contributed by atoms with Crippen LogP contribution in [0.5, 0.6) is 11.5 Å². The Hall–Kier alpha value is -1.75. The number of hydrogen-bond acceptors (Lipinski definition) is 4. The van der Waals surface area contributed by atoms with Crippen molar-refractivity contribution in [2.45, 2.75) is 25.9 Å². The molecule has 5 nitrogen and oxygen atoms in total. The van der Waals surface area contributed by atoms with Gasteiger partial charge in [-0.25, -0.2) is 0 Å². The molecule has 0 radical (unpaired) electrons. The van der Waals surface area contributed by atoms with Crippen LogP contribution in [0.2, 0.25) is 0 Å². The molecule has 21 heavy (non-hydrogen) atoms. The van der Waals surface area contributed by atoms with Gasteiger partial charge in [0.25, 0.3) is 0 Å². The Morgan fingerprint density at radius 2 is 1.90 bits per heavy atom. The largest absolute Gasteiger partial charge is 0.493 e. The third kappa shape index (κ3) is 3.13. The third-order valence-corrected chi connectivity index (χ3v) is 4.32. The Morgan fingerprint density at radius 3 is 2.48 bits per heavy atom. The highest BCUT2D eigenvalue weighted by molar-refractivity contribution is 5.71. The number of aliphatic hydroxyl groups is 1. The molecule has 1 aliphatic carbocycles. The Morgan fingerprint density at radius 1 is 1.24 bits per heavy atom. The zero-order chi connectivity index (χ0) is 15.6. The first kappa shape index (κ1) is 15.6. The molecule has 1 aromatic carbocycles. The second-order valence-electron chi connectivity index (χ2n) is 5.74. The van der Waals surface area contributed by atoms with Gasteiger partial charge in [0.2, 0.25) is 0 Å². The van der Waals surface area contributed by atoms with Crippen LogP contribution in [0.1, 0.15) is 31.4 Å². The molecular weight excluding hydrogens is 272 g/mol. The van der Waals surface area contributed by atoms with E-state index in [1.165, 1.54) is 7.11 Å². The summed E-state index contributed by atoms with van der Waals surface area (Å²) in [6.45, 7) is 2.03. The highest BCUT2D eigenvalue weighted by Crippen LogP contribution is 2.44. The predicted molar refractivity (Wildman–Crippen MR) is 77.5 cm³/mol. The fourth-order valence-corrected chi connectivity index (χ4v) is 3.25. The SMILES string of the molecule is COc1ccc(C(O)C2CC(C)CC2C(=O)O)cc1OC. The summed E-state index contributed by atoms with van der Waals surface area (Å²) in [6.07, 6.45) is 0.521. The molecular formula is C16H22O5. The average Bonchev–Trinajstić information content (AvgIpc) is 2.88. The second kappa shape index (κ2) is 6.35. The van der Waals surface area contributed by atoms with Crippen LogP contribution in [-0.4, -0.2) is 30.4 Å². The van der Waals surface area contributed by atoms with Crippen LogP contribution in [0, 0.1) is 17.8 Å². The number of methoxy groups -OCH3 is 2. The van der Waals surface area contributed by atoms with E-state index in [0.29, 0.717) is 35.8 Å². The maximum Gasteiger partial charge on any atom is 0.306 e. The maximum absolute atomic E-state index is 11.4. The van der Waals surface area contributed by atoms with E-state index in [0.717, 1.165) is 0 Å². The number of rotatable bonds is 5. The summed E-state index contributed by atoms with van der Waals surface area (Å²) in [6, 6.07) is 5.20. The van der Waals surface area contributed by atoms with Crippen LogP contribution < -0.4 is 9.47 Å². The first-order chi connectivity index (χ1) is 9.97. The maximum atomic E-state index is 11.4. The highest BCUT2D eigenvalue weighted by atomic mass is 16.5. The van der Waals surface area contributed by atoms with Gasteiger partial charge in [-0.3, -0.25) is 4.79 Å². The van der Waals surface area contributed by atoms with Crippen molar-refractivity contribution in [3.05, 3.63) is 23.8 Å². The van der Waals surface area contributed by atoms with Crippen molar-refractivity contribution in [3.63, 3.8) is 0 Å². The Balaban J connectivity index is 2.26. The van der Waals surface area contributed by atoms with Gasteiger partial charge in [-0.05, 0) is 36.5 Å². The van der Waals surface area contributed by atoms with Crippen molar-refractivity contribution in [2.24, 2.45) is 17.8 Å². The van der Waals surface area contributed by atoms with E-state index in [4.69, 9.17) is 9.47 Å². The van der Waals surface area contributed by atoms with Crippen molar-refractivity contribution in [1.82, 2.24) is 0 Å². The minimum Gasteiger partial charge on any atom is -0.493 e. The molecule has 1 fully saturated rings. The predicted octanol–water partition coefficient (Wildman–Crippen LogP) is 2.48. The molecule has 4 atom stereocenters. The minimum atomic E-state index is -0.830. The number of benzene rings is 1. The molecule has 0 spiro atoms. The van der Waals surface area contributed by atoms with Gasteiger partial charge >= 0.3 is 5.97 Å². The van der Waals surface area contributed by atoms with Crippen molar-refractivity contribution in [3.8, 4) is 11.5 Å². The standard InChI is InChI=1S/C16H22O5/c1-9-6-11(12(7-9)16(18)19)15(17)10-4-5-13(20-2)14(8-10)21-3/h4-5,8-9,11-12,15,17H,6-7H2,1-3H3,(H,18,19). The van der Waals surface area contributed by atoms with Crippen LogP contribution >= 0.6 is 0 Å². The van der Waals surface area contributed by atoms with E-state index in [-0.39, 0.29) is 5.92 Å². The zero-order valence-corrected chi connectivity index (χ0v) is 12.6. The van der Waals surface area contributed by atoms with Gasteiger partial charge in [0.05, 0.1) is 26.2 Å². The van der Waals surface area contributed by atoms with Crippen molar-refractivity contribution < 1.29 is 24.5 Å².